The number of fused-ring (bicyclic) bond motifs is 1. The van der Waals surface area contributed by atoms with Crippen LogP contribution in [0.15, 0.2) is 161 Å². The lowest BCUT2D eigenvalue weighted by molar-refractivity contribution is 0.988. The number of anilines is 2. The number of benzene rings is 5. The van der Waals surface area contributed by atoms with E-state index in [2.05, 4.69) is 177 Å². The molecule has 0 saturated carbocycles. The first kappa shape index (κ1) is 40.8. The highest BCUT2D eigenvalue weighted by molar-refractivity contribution is 9.10. The monoisotopic (exact) mass is 800 g/mol. The van der Waals surface area contributed by atoms with Crippen molar-refractivity contribution in [3.63, 3.8) is 0 Å². The summed E-state index contributed by atoms with van der Waals surface area (Å²) in [5.74, 6) is 0. The molecule has 2 nitrogen and oxygen atoms in total. The van der Waals surface area contributed by atoms with Crippen molar-refractivity contribution in [1.82, 2.24) is 5.32 Å². The van der Waals surface area contributed by atoms with E-state index in [9.17, 15) is 0 Å². The van der Waals surface area contributed by atoms with Gasteiger partial charge >= 0.3 is 0 Å². The van der Waals surface area contributed by atoms with Crippen molar-refractivity contribution >= 4 is 73.6 Å². The SMILES string of the molecule is C1=Cc2ccccc2C1.C=c1cccc/c1=C/C=C\NC/C=C(\C=C/c1cccc(Br)c1)c1ccc(N(C)c2cccc(Br)c2)cc1.CC.CC. The molecular weight excluding hydrogens is 752 g/mol. The van der Waals surface area contributed by atoms with Crippen LogP contribution < -0.4 is 20.7 Å². The van der Waals surface area contributed by atoms with E-state index in [4.69, 9.17) is 0 Å². The summed E-state index contributed by atoms with van der Waals surface area (Å²) in [7, 11) is 2.08. The summed E-state index contributed by atoms with van der Waals surface area (Å²) in [5.41, 5.74) is 8.55. The van der Waals surface area contributed by atoms with Crippen molar-refractivity contribution in [2.24, 2.45) is 0 Å². The Morgan fingerprint density at radius 3 is 2.16 bits per heavy atom. The second-order valence-corrected chi connectivity index (χ2v) is 12.9. The Morgan fingerprint density at radius 1 is 0.765 bits per heavy atom. The summed E-state index contributed by atoms with van der Waals surface area (Å²) in [4.78, 5) is 2.18. The summed E-state index contributed by atoms with van der Waals surface area (Å²) in [6, 6.07) is 41.9. The maximum absolute atomic E-state index is 4.07. The third kappa shape index (κ3) is 13.5. The number of nitrogens with one attached hydrogen (secondary N) is 1. The van der Waals surface area contributed by atoms with Crippen molar-refractivity contribution in [3.8, 4) is 0 Å². The van der Waals surface area contributed by atoms with Gasteiger partial charge in [-0.3, -0.25) is 0 Å². The maximum atomic E-state index is 4.07. The van der Waals surface area contributed by atoms with Gasteiger partial charge in [-0.15, -0.1) is 0 Å². The summed E-state index contributed by atoms with van der Waals surface area (Å²) >= 11 is 7.13. The number of nitrogens with zero attached hydrogens (tertiary/aromatic N) is 1. The van der Waals surface area contributed by atoms with Crippen LogP contribution in [0.2, 0.25) is 0 Å². The molecule has 0 saturated heterocycles. The molecule has 0 aliphatic heterocycles. The van der Waals surface area contributed by atoms with E-state index in [-0.39, 0.29) is 0 Å². The zero-order valence-electron chi connectivity index (χ0n) is 30.5. The normalized spacial score (nSPS) is 11.9. The first-order valence-electron chi connectivity index (χ1n) is 17.6. The lowest BCUT2D eigenvalue weighted by atomic mass is 10.0. The number of hydrogen-bond acceptors (Lipinski definition) is 2. The molecule has 0 atom stereocenters. The fourth-order valence-electron chi connectivity index (χ4n) is 5.14. The van der Waals surface area contributed by atoms with Crippen LogP contribution in [0.5, 0.6) is 0 Å². The van der Waals surface area contributed by atoms with Gasteiger partial charge in [0.1, 0.15) is 0 Å². The Balaban J connectivity index is 0.000000455. The van der Waals surface area contributed by atoms with Crippen LogP contribution in [-0.2, 0) is 6.42 Å². The summed E-state index contributed by atoms with van der Waals surface area (Å²) in [6.07, 6.45) is 18.1. The van der Waals surface area contributed by atoms with E-state index in [1.807, 2.05) is 76.4 Å². The lowest BCUT2D eigenvalue weighted by Gasteiger charge is -2.20. The van der Waals surface area contributed by atoms with E-state index < -0.39 is 0 Å². The first-order chi connectivity index (χ1) is 25.0. The fraction of sp³-hybridized carbons (Fsp3) is 0.149. The van der Waals surface area contributed by atoms with Crippen molar-refractivity contribution in [3.05, 3.63) is 193 Å². The third-order valence-corrected chi connectivity index (χ3v) is 8.75. The minimum atomic E-state index is 0.703. The highest BCUT2D eigenvalue weighted by atomic mass is 79.9. The summed E-state index contributed by atoms with van der Waals surface area (Å²) in [5, 5.41) is 5.51. The molecule has 0 amide bonds. The molecule has 0 heterocycles. The largest absolute Gasteiger partial charge is 0.387 e. The average molecular weight is 803 g/mol. The van der Waals surface area contributed by atoms with E-state index in [0.717, 1.165) is 53.9 Å². The molecule has 5 aromatic rings. The Labute approximate surface area is 323 Å². The zero-order valence-corrected chi connectivity index (χ0v) is 33.7. The van der Waals surface area contributed by atoms with Crippen molar-refractivity contribution in [1.29, 1.82) is 0 Å². The Bertz CT molecular complexity index is 2020. The van der Waals surface area contributed by atoms with Gasteiger partial charge in [-0.05, 0) is 99.4 Å². The first-order valence-corrected chi connectivity index (χ1v) is 19.2. The summed E-state index contributed by atoms with van der Waals surface area (Å²) in [6.45, 7) is 12.8. The molecule has 1 N–H and O–H groups in total. The molecule has 4 heteroatoms. The molecule has 0 radical (unpaired) electrons. The zero-order chi connectivity index (χ0) is 36.8. The molecule has 5 aromatic carbocycles. The highest BCUT2D eigenvalue weighted by Gasteiger charge is 2.06. The second-order valence-electron chi connectivity index (χ2n) is 11.1. The van der Waals surface area contributed by atoms with Gasteiger partial charge in [0.15, 0.2) is 0 Å². The molecule has 51 heavy (non-hydrogen) atoms. The van der Waals surface area contributed by atoms with Crippen molar-refractivity contribution in [2.45, 2.75) is 34.1 Å². The maximum Gasteiger partial charge on any atom is 0.0419 e. The standard InChI is InChI=1S/C34H30Br2N2.C9H8.2C2H6/c1-26-8-3-4-10-28(26)11-7-22-37-23-21-30(16-15-27-9-5-12-31(35)24-27)29-17-19-33(20-18-29)38(2)34-14-6-13-32(36)25-34;1-2-5-9-7-3-6-8(9)4-1;2*1-2/h3-22,24-25,37H,1,23H2,2H3;1-6H,7H2;2*1-2H3/b16-15-,22-7-,28-11-,30-21+;;;. The number of halogens is 2. The van der Waals surface area contributed by atoms with E-state index >= 15 is 0 Å². The van der Waals surface area contributed by atoms with Gasteiger partial charge in [0, 0.05) is 33.9 Å². The number of hydrogen-bond donors (Lipinski definition) is 1. The average Bonchev–Trinajstić information content (AvgIpc) is 3.66. The van der Waals surface area contributed by atoms with Crippen LogP contribution in [0.1, 0.15) is 49.9 Å². The van der Waals surface area contributed by atoms with Gasteiger partial charge in [-0.1, -0.05) is 181 Å². The second kappa shape index (κ2) is 23.0. The van der Waals surface area contributed by atoms with Gasteiger partial charge in [-0.2, -0.15) is 0 Å². The Kier molecular flexibility index (Phi) is 18.4. The number of rotatable bonds is 9. The van der Waals surface area contributed by atoms with Crippen LogP contribution in [0.3, 0.4) is 0 Å². The number of allylic oxidation sites excluding steroid dienone is 4. The van der Waals surface area contributed by atoms with Crippen LogP contribution in [-0.4, -0.2) is 13.6 Å². The quantitative estimate of drug-likeness (QED) is 0.118. The molecule has 0 aromatic heterocycles. The molecule has 0 unspecified atom stereocenters. The van der Waals surface area contributed by atoms with Gasteiger partial charge in [-0.25, -0.2) is 0 Å². The van der Waals surface area contributed by atoms with E-state index in [1.165, 1.54) is 11.1 Å². The molecular formula is C47H50Br2N2. The summed E-state index contributed by atoms with van der Waals surface area (Å²) < 4.78 is 2.13. The highest BCUT2D eigenvalue weighted by Crippen LogP contribution is 2.28. The van der Waals surface area contributed by atoms with Gasteiger partial charge in [0.25, 0.3) is 0 Å². The van der Waals surface area contributed by atoms with Crippen LogP contribution >= 0.6 is 31.9 Å². The van der Waals surface area contributed by atoms with Gasteiger partial charge in [0.2, 0.25) is 0 Å². The topological polar surface area (TPSA) is 15.3 Å². The molecule has 0 spiro atoms. The molecule has 1 aliphatic rings. The Morgan fingerprint density at radius 2 is 1.45 bits per heavy atom. The predicted octanol–water partition coefficient (Wildman–Crippen LogP) is 12.4. The van der Waals surface area contributed by atoms with E-state index in [1.54, 1.807) is 0 Å². The third-order valence-electron chi connectivity index (χ3n) is 7.76. The Hall–Kier alpha value is -4.64. The lowest BCUT2D eigenvalue weighted by Crippen LogP contribution is -2.21. The predicted molar refractivity (Wildman–Crippen MR) is 234 cm³/mol. The van der Waals surface area contributed by atoms with Crippen molar-refractivity contribution in [2.75, 3.05) is 18.5 Å². The van der Waals surface area contributed by atoms with Crippen molar-refractivity contribution < 1.29 is 0 Å². The molecule has 262 valence electrons. The van der Waals surface area contributed by atoms with Crippen LogP contribution in [0, 0.1) is 0 Å². The fourth-order valence-corrected chi connectivity index (χ4v) is 5.94. The van der Waals surface area contributed by atoms with Crippen LogP contribution in [0.25, 0.3) is 30.4 Å². The minimum Gasteiger partial charge on any atom is -0.387 e. The molecule has 0 fully saturated rings. The molecule has 6 rings (SSSR count). The smallest absolute Gasteiger partial charge is 0.0419 e. The van der Waals surface area contributed by atoms with E-state index in [0.29, 0.717) is 6.54 Å². The minimum absolute atomic E-state index is 0.703. The van der Waals surface area contributed by atoms with Crippen LogP contribution in [0.4, 0.5) is 11.4 Å². The molecule has 1 aliphatic carbocycles. The molecule has 0 bridgehead atoms. The van der Waals surface area contributed by atoms with Gasteiger partial charge < -0.3 is 10.2 Å². The van der Waals surface area contributed by atoms with Gasteiger partial charge in [0.05, 0.1) is 0 Å².